The van der Waals surface area contributed by atoms with Crippen molar-refractivity contribution in [1.82, 2.24) is 4.72 Å². The summed E-state index contributed by atoms with van der Waals surface area (Å²) in [7, 11) is -3.64. The predicted octanol–water partition coefficient (Wildman–Crippen LogP) is 1.47. The zero-order valence-corrected chi connectivity index (χ0v) is 15.1. The first kappa shape index (κ1) is 19.6. The van der Waals surface area contributed by atoms with Crippen LogP contribution in [-0.2, 0) is 24.3 Å². The lowest BCUT2D eigenvalue weighted by atomic mass is 10.2. The molecular formula is C16H15N3O5S2. The van der Waals surface area contributed by atoms with Crippen LogP contribution < -0.4 is 10.0 Å². The molecule has 0 bridgehead atoms. The second-order valence-corrected chi connectivity index (χ2v) is 7.92. The van der Waals surface area contributed by atoms with Gasteiger partial charge >= 0.3 is 5.97 Å². The van der Waals surface area contributed by atoms with Crippen LogP contribution in [0.4, 0.5) is 5.69 Å². The number of carbonyl (C=O) groups excluding carboxylic acids is 2. The van der Waals surface area contributed by atoms with Crippen molar-refractivity contribution in [3.8, 4) is 6.07 Å². The Kier molecular flexibility index (Phi) is 6.85. The van der Waals surface area contributed by atoms with Gasteiger partial charge in [-0.2, -0.15) is 5.26 Å². The van der Waals surface area contributed by atoms with Gasteiger partial charge in [0.2, 0.25) is 10.0 Å². The van der Waals surface area contributed by atoms with Gasteiger partial charge in [0.05, 0.1) is 18.1 Å². The number of ether oxygens (including phenoxy) is 1. The number of nitrogens with zero attached hydrogens (tertiary/aromatic N) is 1. The van der Waals surface area contributed by atoms with Crippen molar-refractivity contribution >= 4 is 38.9 Å². The molecule has 0 aliphatic heterocycles. The SMILES string of the molecule is N#Cc1cccc(NC(=O)COC(=O)CCNS(=O)(=O)c2cccs2)c1. The summed E-state index contributed by atoms with van der Waals surface area (Å²) in [6.45, 7) is -0.641. The fourth-order valence-corrected chi connectivity index (χ4v) is 3.93. The van der Waals surface area contributed by atoms with Gasteiger partial charge in [-0.3, -0.25) is 9.59 Å². The van der Waals surface area contributed by atoms with Gasteiger partial charge in [-0.25, -0.2) is 13.1 Å². The summed E-state index contributed by atoms with van der Waals surface area (Å²) in [5.74, 6) is -1.27. The van der Waals surface area contributed by atoms with Crippen LogP contribution in [0, 0.1) is 11.3 Å². The predicted molar refractivity (Wildman–Crippen MR) is 94.9 cm³/mol. The maximum Gasteiger partial charge on any atom is 0.307 e. The number of nitriles is 1. The van der Waals surface area contributed by atoms with Crippen molar-refractivity contribution < 1.29 is 22.7 Å². The molecule has 0 saturated carbocycles. The molecule has 1 heterocycles. The van der Waals surface area contributed by atoms with Gasteiger partial charge in [0, 0.05) is 12.2 Å². The van der Waals surface area contributed by atoms with E-state index < -0.39 is 28.5 Å². The van der Waals surface area contributed by atoms with Crippen LogP contribution in [-0.4, -0.2) is 33.4 Å². The number of benzene rings is 1. The van der Waals surface area contributed by atoms with Crippen LogP contribution in [0.3, 0.4) is 0 Å². The summed E-state index contributed by atoms with van der Waals surface area (Å²) in [4.78, 5) is 23.3. The number of nitrogens with one attached hydrogen (secondary N) is 2. The fraction of sp³-hybridized carbons (Fsp3) is 0.188. The molecule has 1 aromatic heterocycles. The highest BCUT2D eigenvalue weighted by Crippen LogP contribution is 2.15. The lowest BCUT2D eigenvalue weighted by Crippen LogP contribution is -2.27. The molecule has 2 rings (SSSR count). The number of hydrogen-bond donors (Lipinski definition) is 2. The molecule has 0 aliphatic carbocycles. The molecule has 0 fully saturated rings. The largest absolute Gasteiger partial charge is 0.456 e. The van der Waals surface area contributed by atoms with Gasteiger partial charge in [0.1, 0.15) is 4.21 Å². The van der Waals surface area contributed by atoms with Gasteiger partial charge in [-0.05, 0) is 29.6 Å². The van der Waals surface area contributed by atoms with E-state index in [1.165, 1.54) is 12.1 Å². The summed E-state index contributed by atoms with van der Waals surface area (Å²) >= 11 is 1.07. The molecule has 0 atom stereocenters. The Morgan fingerprint density at radius 3 is 2.73 bits per heavy atom. The number of thiophene rings is 1. The van der Waals surface area contributed by atoms with E-state index >= 15 is 0 Å². The first-order valence-corrected chi connectivity index (χ1v) is 9.76. The summed E-state index contributed by atoms with van der Waals surface area (Å²) in [5.41, 5.74) is 0.798. The number of esters is 1. The Balaban J connectivity index is 1.71. The zero-order chi connectivity index (χ0) is 19.0. The molecule has 1 aromatic carbocycles. The van der Waals surface area contributed by atoms with Crippen LogP contribution in [0.1, 0.15) is 12.0 Å². The van der Waals surface area contributed by atoms with E-state index in [4.69, 9.17) is 10.00 Å². The van der Waals surface area contributed by atoms with Gasteiger partial charge in [0.25, 0.3) is 5.91 Å². The highest BCUT2D eigenvalue weighted by Gasteiger charge is 2.15. The maximum absolute atomic E-state index is 11.9. The van der Waals surface area contributed by atoms with Crippen LogP contribution in [0.2, 0.25) is 0 Å². The number of carbonyl (C=O) groups is 2. The molecule has 26 heavy (non-hydrogen) atoms. The topological polar surface area (TPSA) is 125 Å². The lowest BCUT2D eigenvalue weighted by Gasteiger charge is -2.07. The number of anilines is 1. The van der Waals surface area contributed by atoms with Crippen molar-refractivity contribution in [3.05, 3.63) is 47.3 Å². The maximum atomic E-state index is 11.9. The quantitative estimate of drug-likeness (QED) is 0.654. The molecule has 0 unspecified atom stereocenters. The smallest absolute Gasteiger partial charge is 0.307 e. The monoisotopic (exact) mass is 393 g/mol. The molecule has 0 radical (unpaired) electrons. The first-order valence-electron chi connectivity index (χ1n) is 7.39. The Morgan fingerprint density at radius 1 is 1.23 bits per heavy atom. The van der Waals surface area contributed by atoms with Crippen molar-refractivity contribution in [2.24, 2.45) is 0 Å². The average molecular weight is 393 g/mol. The van der Waals surface area contributed by atoms with Crippen LogP contribution in [0.15, 0.2) is 46.0 Å². The molecule has 0 spiro atoms. The molecular weight excluding hydrogens is 378 g/mol. The fourth-order valence-electron chi connectivity index (χ4n) is 1.86. The van der Waals surface area contributed by atoms with E-state index in [-0.39, 0.29) is 17.2 Å². The Morgan fingerprint density at radius 2 is 2.04 bits per heavy atom. The normalized spacial score (nSPS) is 10.7. The molecule has 8 nitrogen and oxygen atoms in total. The molecule has 0 aliphatic rings. The Labute approximate surface area is 154 Å². The van der Waals surface area contributed by atoms with Gasteiger partial charge in [-0.15, -0.1) is 11.3 Å². The highest BCUT2D eigenvalue weighted by molar-refractivity contribution is 7.91. The molecule has 10 heteroatoms. The highest BCUT2D eigenvalue weighted by atomic mass is 32.2. The van der Waals surface area contributed by atoms with E-state index in [1.807, 2.05) is 6.07 Å². The minimum atomic E-state index is -3.64. The summed E-state index contributed by atoms with van der Waals surface area (Å²) in [6, 6.07) is 11.3. The first-order chi connectivity index (χ1) is 12.4. The van der Waals surface area contributed by atoms with E-state index in [0.29, 0.717) is 11.3 Å². The van der Waals surface area contributed by atoms with Crippen LogP contribution >= 0.6 is 11.3 Å². The van der Waals surface area contributed by atoms with Gasteiger partial charge in [0.15, 0.2) is 6.61 Å². The number of rotatable bonds is 8. The standard InChI is InChI=1S/C16H15N3O5S2/c17-10-12-3-1-4-13(9-12)19-14(20)11-24-15(21)6-7-18-26(22,23)16-5-2-8-25-16/h1-5,8-9,18H,6-7,11H2,(H,19,20). The molecule has 0 saturated heterocycles. The van der Waals surface area contributed by atoms with E-state index in [2.05, 4.69) is 10.0 Å². The van der Waals surface area contributed by atoms with E-state index in [9.17, 15) is 18.0 Å². The molecule has 2 N–H and O–H groups in total. The van der Waals surface area contributed by atoms with Crippen LogP contribution in [0.25, 0.3) is 0 Å². The second-order valence-electron chi connectivity index (χ2n) is 4.98. The molecule has 1 amide bonds. The summed E-state index contributed by atoms with van der Waals surface area (Å²) < 4.78 is 30.9. The van der Waals surface area contributed by atoms with Crippen molar-refractivity contribution in [2.75, 3.05) is 18.5 Å². The van der Waals surface area contributed by atoms with Crippen molar-refractivity contribution in [1.29, 1.82) is 5.26 Å². The minimum absolute atomic E-state index is 0.134. The van der Waals surface area contributed by atoms with Crippen molar-refractivity contribution in [3.63, 3.8) is 0 Å². The molecule has 136 valence electrons. The minimum Gasteiger partial charge on any atom is -0.456 e. The third kappa shape index (κ3) is 5.96. The Bertz CT molecular complexity index is 918. The summed E-state index contributed by atoms with van der Waals surface area (Å²) in [6.07, 6.45) is -0.207. The van der Waals surface area contributed by atoms with Crippen LogP contribution in [0.5, 0.6) is 0 Å². The Hall–Kier alpha value is -2.74. The number of amides is 1. The van der Waals surface area contributed by atoms with E-state index in [0.717, 1.165) is 11.3 Å². The van der Waals surface area contributed by atoms with E-state index in [1.54, 1.807) is 29.6 Å². The average Bonchev–Trinajstić information content (AvgIpc) is 3.15. The van der Waals surface area contributed by atoms with Gasteiger partial charge in [-0.1, -0.05) is 12.1 Å². The number of hydrogen-bond acceptors (Lipinski definition) is 7. The van der Waals surface area contributed by atoms with Gasteiger partial charge < -0.3 is 10.1 Å². The van der Waals surface area contributed by atoms with Crippen molar-refractivity contribution in [2.45, 2.75) is 10.6 Å². The third-order valence-electron chi connectivity index (χ3n) is 3.02. The summed E-state index contributed by atoms with van der Waals surface area (Å²) in [5, 5.41) is 12.9. The second kappa shape index (κ2) is 9.10. The number of sulfonamides is 1. The molecule has 2 aromatic rings. The third-order valence-corrected chi connectivity index (χ3v) is 5.88. The zero-order valence-electron chi connectivity index (χ0n) is 13.5. The lowest BCUT2D eigenvalue weighted by molar-refractivity contribution is -0.147.